The zero-order chi connectivity index (χ0) is 62.6. The van der Waals surface area contributed by atoms with Gasteiger partial charge in [0.2, 0.25) is 59.1 Å². The number of nitrogens with one attached hydrogen (secondary N) is 1. The van der Waals surface area contributed by atoms with Crippen LogP contribution in [0.3, 0.4) is 0 Å². The molecule has 0 aliphatic rings. The minimum atomic E-state index is -1.17. The van der Waals surface area contributed by atoms with Gasteiger partial charge < -0.3 is 75.6 Å². The van der Waals surface area contributed by atoms with Crippen LogP contribution in [0, 0.1) is 0 Å². The van der Waals surface area contributed by atoms with E-state index in [1.807, 2.05) is 27.7 Å². The van der Waals surface area contributed by atoms with Crippen molar-refractivity contribution in [3.05, 3.63) is 0 Å². The number of nitrogens with zero attached hydrogens (tertiary/aromatic N) is 9. The van der Waals surface area contributed by atoms with Gasteiger partial charge in [0.1, 0.15) is 26.2 Å². The minimum Gasteiger partial charge on any atom is -0.392 e. The summed E-state index contributed by atoms with van der Waals surface area (Å²) in [5, 5.41) is 45.2. The molecule has 0 rings (SSSR count). The maximum atomic E-state index is 14.5. The Balaban J connectivity index is 0. The van der Waals surface area contributed by atoms with Crippen molar-refractivity contribution in [2.45, 2.75) is 217 Å². The molecule has 25 nitrogen and oxygen atoms in total. The molecule has 0 spiro atoms. The number of hydrogen-bond acceptors (Lipinski definition) is 15. The molecule has 7 N–H and O–H groups in total. The van der Waals surface area contributed by atoms with E-state index < -0.39 is 142 Å². The number of nitrogens with two attached hydrogens (primary N) is 1. The topological polar surface area (TPSA) is 319 Å². The third-order valence-corrected chi connectivity index (χ3v) is 14.6. The first kappa shape index (κ1) is 78.6. The summed E-state index contributed by atoms with van der Waals surface area (Å²) in [6.07, 6.45) is -1.60. The second-order valence-electron chi connectivity index (χ2n) is 22.0. The predicted octanol–water partition coefficient (Wildman–Crippen LogP) is 0.469. The summed E-state index contributed by atoms with van der Waals surface area (Å²) in [6.45, 7) is 21.0. The van der Waals surface area contributed by atoms with Crippen molar-refractivity contribution in [1.82, 2.24) is 49.4 Å². The first-order valence-corrected chi connectivity index (χ1v) is 29.1. The summed E-state index contributed by atoms with van der Waals surface area (Å²) >= 11 is 0. The number of hydrogen-bond donors (Lipinski definition) is 6. The van der Waals surface area contributed by atoms with Gasteiger partial charge in [0.25, 0.3) is 0 Å². The van der Waals surface area contributed by atoms with Crippen LogP contribution in [-0.4, -0.2) is 276 Å². The normalized spacial score (nSPS) is 14.8. The van der Waals surface area contributed by atoms with Gasteiger partial charge in [-0.1, -0.05) is 49.0 Å². The van der Waals surface area contributed by atoms with Crippen molar-refractivity contribution in [2.75, 3.05) is 91.6 Å². The van der Waals surface area contributed by atoms with E-state index in [4.69, 9.17) is 5.73 Å². The zero-order valence-electron chi connectivity index (χ0n) is 51.9. The molecule has 0 aliphatic heterocycles. The summed E-state index contributed by atoms with van der Waals surface area (Å²) in [4.78, 5) is 149. The number of primary amides is 1. The first-order chi connectivity index (χ1) is 37.7. The van der Waals surface area contributed by atoms with Gasteiger partial charge in [-0.25, -0.2) is 0 Å². The molecule has 476 valence electrons. The van der Waals surface area contributed by atoms with E-state index in [0.29, 0.717) is 32.1 Å². The van der Waals surface area contributed by atoms with Crippen LogP contribution in [0.15, 0.2) is 0 Å². The summed E-state index contributed by atoms with van der Waals surface area (Å²) in [6, 6.07) is -2.37. The molecule has 25 heteroatoms. The third-order valence-electron chi connectivity index (χ3n) is 14.6. The first-order valence-electron chi connectivity index (χ1n) is 29.1. The van der Waals surface area contributed by atoms with E-state index in [1.165, 1.54) is 52.2 Å². The Morgan fingerprint density at radius 2 is 0.537 bits per heavy atom. The Morgan fingerprint density at radius 3 is 0.768 bits per heavy atom. The molecule has 0 heterocycles. The number of carbonyl (C=O) groups excluding carboxylic acids is 10. The Bertz CT molecular complexity index is 2010. The van der Waals surface area contributed by atoms with E-state index in [9.17, 15) is 68.4 Å². The highest BCUT2D eigenvalue weighted by molar-refractivity contribution is 5.94. The second-order valence-corrected chi connectivity index (χ2v) is 22.0. The average molecular weight is 1170 g/mol. The van der Waals surface area contributed by atoms with E-state index in [1.54, 1.807) is 55.4 Å². The highest BCUT2D eigenvalue weighted by atomic mass is 16.3. The van der Waals surface area contributed by atoms with Gasteiger partial charge >= 0.3 is 0 Å². The molecule has 0 bridgehead atoms. The van der Waals surface area contributed by atoms with Crippen LogP contribution in [0.25, 0.3) is 0 Å². The zero-order valence-corrected chi connectivity index (χ0v) is 51.9. The number of amides is 10. The van der Waals surface area contributed by atoms with Crippen LogP contribution in [-0.2, 0) is 47.9 Å². The van der Waals surface area contributed by atoms with Crippen molar-refractivity contribution in [3.63, 3.8) is 0 Å². The molecular formula is C57H109N11O14. The number of aliphatic hydroxyl groups excluding tert-OH is 4. The molecule has 0 aromatic heterocycles. The molecule has 0 aromatic rings. The molecule has 0 fully saturated rings. The minimum absolute atomic E-state index is 0. The predicted molar refractivity (Wildman–Crippen MR) is 314 cm³/mol. The largest absolute Gasteiger partial charge is 0.392 e. The van der Waals surface area contributed by atoms with Gasteiger partial charge in [0.15, 0.2) is 0 Å². The van der Waals surface area contributed by atoms with Crippen LogP contribution < -0.4 is 11.1 Å². The van der Waals surface area contributed by atoms with Gasteiger partial charge in [-0.2, -0.15) is 0 Å². The lowest BCUT2D eigenvalue weighted by Gasteiger charge is -2.36. The van der Waals surface area contributed by atoms with Crippen LogP contribution in [0.2, 0.25) is 0 Å². The molecule has 0 aromatic carbocycles. The standard InChI is InChI=1S/C56H105N11O14.CH4/c1-17-37(7)58-23-48(73)64(39(9)19-3)33-51(76)59(24-43(13)68)29-49(74)62(27-46(16)71)32-54(79)67(42(12)22-6)36-56(81)65(40(10)20-4)34-52(77)60(25-44(14)69)30-50(75)61(26-45(15)70)31-53(78)66(41(11)21-5)35-55(80)63(28-47(57)72)38(8)18-2;/h37-46,58,68-71H,17-36H2,1-16H3,(H2,57,72);1H4/t37-,38+,39+,40+,41-,42-,43-,44-,45-,46-;/m0./s1. The fourth-order valence-electron chi connectivity index (χ4n) is 8.52. The van der Waals surface area contributed by atoms with Crippen LogP contribution in [0.4, 0.5) is 0 Å². The summed E-state index contributed by atoms with van der Waals surface area (Å²) in [7, 11) is 0. The highest BCUT2D eigenvalue weighted by Gasteiger charge is 2.35. The summed E-state index contributed by atoms with van der Waals surface area (Å²) < 4.78 is 0. The highest BCUT2D eigenvalue weighted by Crippen LogP contribution is 2.15. The van der Waals surface area contributed by atoms with Gasteiger partial charge in [0.05, 0.1) is 63.7 Å². The van der Waals surface area contributed by atoms with Crippen LogP contribution >= 0.6 is 0 Å². The molecule has 10 atom stereocenters. The van der Waals surface area contributed by atoms with Crippen molar-refractivity contribution in [3.8, 4) is 0 Å². The third kappa shape index (κ3) is 28.2. The Labute approximate surface area is 490 Å². The maximum absolute atomic E-state index is 14.5. The number of rotatable bonds is 40. The smallest absolute Gasteiger partial charge is 0.242 e. The lowest BCUT2D eigenvalue weighted by molar-refractivity contribution is -0.152. The van der Waals surface area contributed by atoms with Gasteiger partial charge in [-0.3, -0.25) is 47.9 Å². The van der Waals surface area contributed by atoms with Gasteiger partial charge in [-0.05, 0) is 108 Å². The second kappa shape index (κ2) is 39.9. The molecular weight excluding hydrogens is 1060 g/mol. The number of carbonyl (C=O) groups is 10. The van der Waals surface area contributed by atoms with E-state index in [0.717, 1.165) is 26.0 Å². The van der Waals surface area contributed by atoms with E-state index in [2.05, 4.69) is 5.32 Å². The average Bonchev–Trinajstić information content (AvgIpc) is 3.40. The fraction of sp³-hybridized carbons (Fsp3) is 0.825. The lowest BCUT2D eigenvalue weighted by Crippen LogP contribution is -2.56. The molecule has 0 saturated carbocycles. The molecule has 10 amide bonds. The monoisotopic (exact) mass is 1170 g/mol. The number of aliphatic hydroxyl groups is 4. The SMILES string of the molecule is C.CC[C@@H](C)N(CC(N)=O)C(=O)CN(C(=O)CN(C[C@H](C)O)C(=O)CN(C[C@H](C)O)C(=O)CN(C(=O)CN(C(=O)CN(C[C@H](C)O)C(=O)CN(C[C@H](C)O)C(=O)CN(C(=O)CN[C@@H](C)CC)[C@H](C)CC)[C@@H](C)CC)[C@H](C)CC)[C@@H](C)CC. The van der Waals surface area contributed by atoms with E-state index in [-0.39, 0.29) is 77.3 Å². The molecule has 82 heavy (non-hydrogen) atoms. The van der Waals surface area contributed by atoms with Crippen molar-refractivity contribution >= 4 is 59.1 Å². The summed E-state index contributed by atoms with van der Waals surface area (Å²) in [5.41, 5.74) is 5.44. The van der Waals surface area contributed by atoms with Gasteiger partial charge in [-0.15, -0.1) is 0 Å². The molecule has 0 radical (unpaired) electrons. The van der Waals surface area contributed by atoms with Crippen molar-refractivity contribution in [1.29, 1.82) is 0 Å². The van der Waals surface area contributed by atoms with Gasteiger partial charge in [0, 0.05) is 62.4 Å². The van der Waals surface area contributed by atoms with Crippen molar-refractivity contribution in [2.24, 2.45) is 5.73 Å². The van der Waals surface area contributed by atoms with Crippen LogP contribution in [0.1, 0.15) is 157 Å². The van der Waals surface area contributed by atoms with E-state index >= 15 is 0 Å². The maximum Gasteiger partial charge on any atom is 0.242 e. The van der Waals surface area contributed by atoms with Crippen LogP contribution in [0.5, 0.6) is 0 Å². The van der Waals surface area contributed by atoms with Crippen molar-refractivity contribution < 1.29 is 68.4 Å². The Hall–Kier alpha value is -5.50. The summed E-state index contributed by atoms with van der Waals surface area (Å²) in [5.74, 6) is -6.53. The Morgan fingerprint density at radius 1 is 0.329 bits per heavy atom. The molecule has 0 saturated heterocycles. The fourth-order valence-corrected chi connectivity index (χ4v) is 8.52. The Kier molecular flexibility index (Phi) is 38.2. The lowest BCUT2D eigenvalue weighted by atomic mass is 10.1. The molecule has 0 unspecified atom stereocenters. The molecule has 0 aliphatic carbocycles. The quantitative estimate of drug-likeness (QED) is 0.0486.